The van der Waals surface area contributed by atoms with Gasteiger partial charge >= 0.3 is 5.97 Å². The zero-order valence-corrected chi connectivity index (χ0v) is 15.6. The van der Waals surface area contributed by atoms with Crippen LogP contribution in [0.15, 0.2) is 42.5 Å². The van der Waals surface area contributed by atoms with Crippen molar-refractivity contribution in [1.29, 1.82) is 0 Å². The fourth-order valence-corrected chi connectivity index (χ4v) is 2.68. The summed E-state index contributed by atoms with van der Waals surface area (Å²) in [7, 11) is 3.14. The van der Waals surface area contributed by atoms with Gasteiger partial charge in [-0.05, 0) is 42.3 Å². The average Bonchev–Trinajstić information content (AvgIpc) is 2.69. The molecule has 0 unspecified atom stereocenters. The first-order valence-electron chi connectivity index (χ1n) is 8.57. The van der Waals surface area contributed by atoms with Crippen LogP contribution in [0, 0.1) is 0 Å². The van der Waals surface area contributed by atoms with Gasteiger partial charge in [-0.1, -0.05) is 19.1 Å². The summed E-state index contributed by atoms with van der Waals surface area (Å²) < 4.78 is 10.6. The predicted octanol–water partition coefficient (Wildman–Crippen LogP) is 3.08. The van der Waals surface area contributed by atoms with Crippen LogP contribution >= 0.6 is 0 Å². The second-order valence-corrected chi connectivity index (χ2v) is 5.88. The van der Waals surface area contributed by atoms with Crippen LogP contribution in [-0.2, 0) is 4.79 Å². The van der Waals surface area contributed by atoms with Crippen molar-refractivity contribution in [2.24, 2.45) is 0 Å². The fourth-order valence-electron chi connectivity index (χ4n) is 2.68. The molecule has 0 saturated heterocycles. The van der Waals surface area contributed by atoms with E-state index >= 15 is 0 Å². The van der Waals surface area contributed by atoms with Gasteiger partial charge in [-0.25, -0.2) is 0 Å². The van der Waals surface area contributed by atoms with E-state index in [1.165, 1.54) is 0 Å². The third-order valence-corrected chi connectivity index (χ3v) is 4.09. The van der Waals surface area contributed by atoms with Crippen LogP contribution in [0.3, 0.4) is 0 Å². The third-order valence-electron chi connectivity index (χ3n) is 4.09. The highest BCUT2D eigenvalue weighted by Crippen LogP contribution is 2.31. The van der Waals surface area contributed by atoms with Gasteiger partial charge < -0.3 is 25.2 Å². The van der Waals surface area contributed by atoms with Crippen LogP contribution < -0.4 is 20.1 Å². The van der Waals surface area contributed by atoms with Crippen molar-refractivity contribution in [1.82, 2.24) is 5.32 Å². The van der Waals surface area contributed by atoms with E-state index in [1.807, 2.05) is 19.1 Å². The van der Waals surface area contributed by atoms with E-state index < -0.39 is 5.97 Å². The Bertz CT molecular complexity index is 807. The molecule has 2 aromatic carbocycles. The molecular formula is C20H24N2O5. The zero-order valence-electron chi connectivity index (χ0n) is 15.6. The number of carboxylic acid groups (broad SMARTS) is 1. The molecule has 0 heterocycles. The van der Waals surface area contributed by atoms with E-state index in [-0.39, 0.29) is 18.5 Å². The lowest BCUT2D eigenvalue weighted by molar-refractivity contribution is -0.134. The van der Waals surface area contributed by atoms with E-state index in [2.05, 4.69) is 10.6 Å². The van der Waals surface area contributed by atoms with Crippen molar-refractivity contribution in [3.8, 4) is 11.5 Å². The maximum Gasteiger partial charge on any atom is 0.322 e. The van der Waals surface area contributed by atoms with Gasteiger partial charge in [0.15, 0.2) is 11.5 Å². The number of carboxylic acids is 1. The van der Waals surface area contributed by atoms with Gasteiger partial charge in [0.2, 0.25) is 0 Å². The summed E-state index contributed by atoms with van der Waals surface area (Å²) in [5.41, 5.74) is 1.93. The molecule has 144 valence electrons. The molecule has 0 fully saturated rings. The topological polar surface area (TPSA) is 96.9 Å². The SMILES string of the molecule is CC[C@H](NC(=O)c1cccc(NCC(=O)O)c1)c1ccc(OC)c(OC)c1. The molecule has 7 heteroatoms. The molecule has 0 aromatic heterocycles. The molecule has 2 aromatic rings. The van der Waals surface area contributed by atoms with Crippen LogP contribution in [0.4, 0.5) is 5.69 Å². The lowest BCUT2D eigenvalue weighted by Crippen LogP contribution is -2.28. The maximum atomic E-state index is 12.6. The maximum absolute atomic E-state index is 12.6. The molecule has 0 aliphatic carbocycles. The fraction of sp³-hybridized carbons (Fsp3) is 0.300. The summed E-state index contributed by atoms with van der Waals surface area (Å²) in [6, 6.07) is 12.1. The molecule has 0 aliphatic rings. The van der Waals surface area contributed by atoms with Gasteiger partial charge in [-0.15, -0.1) is 0 Å². The zero-order chi connectivity index (χ0) is 19.8. The number of benzene rings is 2. The number of anilines is 1. The lowest BCUT2D eigenvalue weighted by atomic mass is 10.0. The molecule has 27 heavy (non-hydrogen) atoms. The summed E-state index contributed by atoms with van der Waals surface area (Å²) in [5, 5.41) is 14.5. The van der Waals surface area contributed by atoms with Gasteiger partial charge in [0.1, 0.15) is 6.54 Å². The van der Waals surface area contributed by atoms with Crippen molar-refractivity contribution in [3.05, 3.63) is 53.6 Å². The number of methoxy groups -OCH3 is 2. The summed E-state index contributed by atoms with van der Waals surface area (Å²) in [6.07, 6.45) is 0.693. The number of amides is 1. The molecule has 0 radical (unpaired) electrons. The number of nitrogens with one attached hydrogen (secondary N) is 2. The summed E-state index contributed by atoms with van der Waals surface area (Å²) in [6.45, 7) is 1.76. The smallest absolute Gasteiger partial charge is 0.322 e. The minimum absolute atomic E-state index is 0.201. The van der Waals surface area contributed by atoms with Crippen LogP contribution in [-0.4, -0.2) is 37.7 Å². The average molecular weight is 372 g/mol. The van der Waals surface area contributed by atoms with Crippen molar-refractivity contribution in [2.75, 3.05) is 26.1 Å². The van der Waals surface area contributed by atoms with Gasteiger partial charge in [0, 0.05) is 11.3 Å². The number of hydrogen-bond donors (Lipinski definition) is 3. The van der Waals surface area contributed by atoms with Gasteiger partial charge in [-0.3, -0.25) is 9.59 Å². The first kappa shape index (κ1) is 20.1. The highest BCUT2D eigenvalue weighted by molar-refractivity contribution is 5.95. The molecule has 0 spiro atoms. The number of aliphatic carboxylic acids is 1. The minimum Gasteiger partial charge on any atom is -0.493 e. The summed E-state index contributed by atoms with van der Waals surface area (Å²) >= 11 is 0. The second kappa shape index (κ2) is 9.47. The van der Waals surface area contributed by atoms with Gasteiger partial charge in [0.05, 0.1) is 20.3 Å². The number of carbonyl (C=O) groups is 2. The minimum atomic E-state index is -0.968. The van der Waals surface area contributed by atoms with E-state index in [9.17, 15) is 9.59 Å². The van der Waals surface area contributed by atoms with Crippen molar-refractivity contribution in [2.45, 2.75) is 19.4 Å². The summed E-state index contributed by atoms with van der Waals surface area (Å²) in [5.74, 6) is 0.0159. The van der Waals surface area contributed by atoms with E-state index in [0.29, 0.717) is 29.2 Å². The molecule has 0 aliphatic heterocycles. The Labute approximate surface area is 158 Å². The Morgan fingerprint density at radius 2 is 1.81 bits per heavy atom. The normalized spacial score (nSPS) is 11.4. The molecular weight excluding hydrogens is 348 g/mol. The van der Waals surface area contributed by atoms with E-state index in [4.69, 9.17) is 14.6 Å². The molecule has 2 rings (SSSR count). The quantitative estimate of drug-likeness (QED) is 0.626. The van der Waals surface area contributed by atoms with E-state index in [0.717, 1.165) is 5.56 Å². The Kier molecular flexibility index (Phi) is 7.05. The molecule has 0 saturated carbocycles. The third kappa shape index (κ3) is 5.37. The molecule has 0 bridgehead atoms. The molecule has 7 nitrogen and oxygen atoms in total. The largest absolute Gasteiger partial charge is 0.493 e. The lowest BCUT2D eigenvalue weighted by Gasteiger charge is -2.19. The first-order valence-corrected chi connectivity index (χ1v) is 8.57. The van der Waals surface area contributed by atoms with Gasteiger partial charge in [-0.2, -0.15) is 0 Å². The van der Waals surface area contributed by atoms with Gasteiger partial charge in [0.25, 0.3) is 5.91 Å². The molecule has 3 N–H and O–H groups in total. The number of rotatable bonds is 9. The Hall–Kier alpha value is -3.22. The number of carbonyl (C=O) groups excluding carboxylic acids is 1. The van der Waals surface area contributed by atoms with Crippen LogP contribution in [0.5, 0.6) is 11.5 Å². The molecule has 1 amide bonds. The highest BCUT2D eigenvalue weighted by Gasteiger charge is 2.16. The number of ether oxygens (including phenoxy) is 2. The standard InChI is InChI=1S/C20H24N2O5/c1-4-16(13-8-9-17(26-2)18(11-13)27-3)22-20(25)14-6-5-7-15(10-14)21-12-19(23)24/h5-11,16,21H,4,12H2,1-3H3,(H,22,25)(H,23,24)/t16-/m0/s1. The first-order chi connectivity index (χ1) is 13.0. The van der Waals surface area contributed by atoms with Crippen LogP contribution in [0.1, 0.15) is 35.3 Å². The Morgan fingerprint density at radius 1 is 1.07 bits per heavy atom. The molecule has 1 atom stereocenters. The van der Waals surface area contributed by atoms with Crippen molar-refractivity contribution in [3.63, 3.8) is 0 Å². The number of hydrogen-bond acceptors (Lipinski definition) is 5. The van der Waals surface area contributed by atoms with Crippen molar-refractivity contribution < 1.29 is 24.2 Å². The highest BCUT2D eigenvalue weighted by atomic mass is 16.5. The Balaban J connectivity index is 2.15. The van der Waals surface area contributed by atoms with Crippen LogP contribution in [0.25, 0.3) is 0 Å². The van der Waals surface area contributed by atoms with Crippen LogP contribution in [0.2, 0.25) is 0 Å². The Morgan fingerprint density at radius 3 is 2.44 bits per heavy atom. The summed E-state index contributed by atoms with van der Waals surface area (Å²) in [4.78, 5) is 23.3. The second-order valence-electron chi connectivity index (χ2n) is 5.88. The predicted molar refractivity (Wildman–Crippen MR) is 103 cm³/mol. The van der Waals surface area contributed by atoms with E-state index in [1.54, 1.807) is 44.6 Å². The monoisotopic (exact) mass is 372 g/mol. The van der Waals surface area contributed by atoms with Crippen molar-refractivity contribution >= 4 is 17.6 Å².